The number of hydrogen-bond acceptors (Lipinski definition) is 1. The third kappa shape index (κ3) is 2.72. The molecule has 1 N–H and O–H groups in total. The number of rotatable bonds is 1. The zero-order valence-electron chi connectivity index (χ0n) is 9.19. The van der Waals surface area contributed by atoms with Crippen molar-refractivity contribution in [1.29, 1.82) is 0 Å². The van der Waals surface area contributed by atoms with E-state index in [1.165, 1.54) is 0 Å². The fraction of sp³-hybridized carbons (Fsp3) is 0.545. The first-order chi connectivity index (χ1) is 6.16. The zero-order chi connectivity index (χ0) is 10.4. The van der Waals surface area contributed by atoms with Crippen molar-refractivity contribution >= 4 is 0 Å². The molecule has 0 saturated carbocycles. The molecule has 1 aromatic heterocycles. The van der Waals surface area contributed by atoms with Gasteiger partial charge in [-0.1, -0.05) is 20.8 Å². The fourth-order valence-corrected chi connectivity index (χ4v) is 1.20. The SMILES string of the molecule is CC.CCc1c(C)[nH]cc(C)c1=O. The number of aryl methyl sites for hydroxylation is 2. The van der Waals surface area contributed by atoms with Crippen LogP contribution in [-0.2, 0) is 6.42 Å². The van der Waals surface area contributed by atoms with E-state index >= 15 is 0 Å². The Kier molecular flexibility index (Phi) is 5.12. The lowest BCUT2D eigenvalue weighted by Gasteiger charge is -2.01. The van der Waals surface area contributed by atoms with Crippen molar-refractivity contribution in [2.24, 2.45) is 0 Å². The summed E-state index contributed by atoms with van der Waals surface area (Å²) in [4.78, 5) is 14.5. The Morgan fingerprint density at radius 2 is 1.85 bits per heavy atom. The van der Waals surface area contributed by atoms with Crippen molar-refractivity contribution in [2.75, 3.05) is 0 Å². The van der Waals surface area contributed by atoms with Crippen molar-refractivity contribution in [3.63, 3.8) is 0 Å². The van der Waals surface area contributed by atoms with E-state index in [1.54, 1.807) is 6.20 Å². The third-order valence-corrected chi connectivity index (χ3v) is 1.94. The lowest BCUT2D eigenvalue weighted by Crippen LogP contribution is -2.13. The molecule has 0 atom stereocenters. The molecule has 1 rings (SSSR count). The largest absolute Gasteiger partial charge is 0.364 e. The second-order valence-electron chi connectivity index (χ2n) is 2.76. The monoisotopic (exact) mass is 181 g/mol. The Hall–Kier alpha value is -1.05. The summed E-state index contributed by atoms with van der Waals surface area (Å²) in [6.07, 6.45) is 2.57. The highest BCUT2D eigenvalue weighted by atomic mass is 16.1. The maximum Gasteiger partial charge on any atom is 0.187 e. The second kappa shape index (κ2) is 5.57. The summed E-state index contributed by atoms with van der Waals surface area (Å²) in [5, 5.41) is 0. The summed E-state index contributed by atoms with van der Waals surface area (Å²) in [7, 11) is 0. The van der Waals surface area contributed by atoms with Crippen LogP contribution in [0.4, 0.5) is 0 Å². The number of aromatic nitrogens is 1. The molecular formula is C11H19NO. The van der Waals surface area contributed by atoms with E-state index in [-0.39, 0.29) is 5.43 Å². The number of pyridine rings is 1. The number of nitrogens with one attached hydrogen (secondary N) is 1. The molecule has 0 fully saturated rings. The average Bonchev–Trinajstić information content (AvgIpc) is 2.16. The molecule has 0 saturated heterocycles. The average molecular weight is 181 g/mol. The minimum atomic E-state index is 0.184. The first-order valence-electron chi connectivity index (χ1n) is 4.84. The molecule has 0 bridgehead atoms. The van der Waals surface area contributed by atoms with Crippen LogP contribution in [0.5, 0.6) is 0 Å². The smallest absolute Gasteiger partial charge is 0.187 e. The van der Waals surface area contributed by atoms with Crippen molar-refractivity contribution in [3.8, 4) is 0 Å². The van der Waals surface area contributed by atoms with Gasteiger partial charge in [-0.05, 0) is 20.3 Å². The molecule has 13 heavy (non-hydrogen) atoms. The van der Waals surface area contributed by atoms with E-state index in [2.05, 4.69) is 4.98 Å². The Morgan fingerprint density at radius 3 is 2.23 bits per heavy atom. The van der Waals surface area contributed by atoms with Crippen LogP contribution in [0, 0.1) is 13.8 Å². The Labute approximate surface area is 80.0 Å². The molecule has 0 unspecified atom stereocenters. The van der Waals surface area contributed by atoms with E-state index in [0.717, 1.165) is 23.2 Å². The van der Waals surface area contributed by atoms with Gasteiger partial charge < -0.3 is 4.98 Å². The molecule has 0 radical (unpaired) electrons. The van der Waals surface area contributed by atoms with Gasteiger partial charge in [0, 0.05) is 23.0 Å². The van der Waals surface area contributed by atoms with Crippen LogP contribution in [0.2, 0.25) is 0 Å². The van der Waals surface area contributed by atoms with E-state index in [0.29, 0.717) is 0 Å². The lowest BCUT2D eigenvalue weighted by molar-refractivity contribution is 1.01. The molecule has 0 amide bonds. The van der Waals surface area contributed by atoms with E-state index in [1.807, 2.05) is 34.6 Å². The van der Waals surface area contributed by atoms with Crippen molar-refractivity contribution < 1.29 is 0 Å². The van der Waals surface area contributed by atoms with Gasteiger partial charge in [0.05, 0.1) is 0 Å². The molecule has 0 spiro atoms. The molecule has 1 aromatic rings. The van der Waals surface area contributed by atoms with Crippen LogP contribution in [0.25, 0.3) is 0 Å². The zero-order valence-corrected chi connectivity index (χ0v) is 9.19. The molecule has 0 aliphatic rings. The highest BCUT2D eigenvalue weighted by Crippen LogP contribution is 2.00. The van der Waals surface area contributed by atoms with Gasteiger partial charge in [-0.2, -0.15) is 0 Å². The molecule has 0 aliphatic carbocycles. The van der Waals surface area contributed by atoms with E-state index < -0.39 is 0 Å². The summed E-state index contributed by atoms with van der Waals surface area (Å²) < 4.78 is 0. The predicted octanol–water partition coefficient (Wildman–Crippen LogP) is 2.58. The molecule has 0 aliphatic heterocycles. The van der Waals surface area contributed by atoms with Gasteiger partial charge in [-0.15, -0.1) is 0 Å². The topological polar surface area (TPSA) is 32.9 Å². The first-order valence-corrected chi connectivity index (χ1v) is 4.84. The Balaban J connectivity index is 0.000000671. The van der Waals surface area contributed by atoms with E-state index in [4.69, 9.17) is 0 Å². The predicted molar refractivity (Wildman–Crippen MR) is 57.3 cm³/mol. The standard InChI is InChI=1S/C9H13NO.C2H6/c1-4-8-7(3)10-5-6(2)9(8)11;1-2/h5H,4H2,1-3H3,(H,10,11);1-2H3. The van der Waals surface area contributed by atoms with Gasteiger partial charge in [-0.3, -0.25) is 4.79 Å². The third-order valence-electron chi connectivity index (χ3n) is 1.94. The highest BCUT2D eigenvalue weighted by Gasteiger charge is 2.02. The lowest BCUT2D eigenvalue weighted by atomic mass is 10.1. The van der Waals surface area contributed by atoms with E-state index in [9.17, 15) is 4.79 Å². The molecule has 74 valence electrons. The molecule has 0 aromatic carbocycles. The van der Waals surface area contributed by atoms with Gasteiger partial charge in [0.2, 0.25) is 0 Å². The molecular weight excluding hydrogens is 162 g/mol. The van der Waals surface area contributed by atoms with Crippen LogP contribution in [0.3, 0.4) is 0 Å². The van der Waals surface area contributed by atoms with Gasteiger partial charge in [0.1, 0.15) is 0 Å². The summed E-state index contributed by atoms with van der Waals surface area (Å²) in [6.45, 7) is 9.76. The first kappa shape index (κ1) is 11.9. The summed E-state index contributed by atoms with van der Waals surface area (Å²) >= 11 is 0. The maximum atomic E-state index is 11.4. The Bertz CT molecular complexity index is 312. The Morgan fingerprint density at radius 1 is 1.31 bits per heavy atom. The van der Waals surface area contributed by atoms with Crippen molar-refractivity contribution in [3.05, 3.63) is 33.2 Å². The van der Waals surface area contributed by atoms with Crippen LogP contribution in [0.1, 0.15) is 37.6 Å². The minimum absolute atomic E-state index is 0.184. The summed E-state index contributed by atoms with van der Waals surface area (Å²) in [5.74, 6) is 0. The summed E-state index contributed by atoms with van der Waals surface area (Å²) in [5.41, 5.74) is 2.88. The van der Waals surface area contributed by atoms with Crippen LogP contribution >= 0.6 is 0 Å². The van der Waals surface area contributed by atoms with Gasteiger partial charge >= 0.3 is 0 Å². The van der Waals surface area contributed by atoms with Gasteiger partial charge in [0.25, 0.3) is 0 Å². The van der Waals surface area contributed by atoms with Gasteiger partial charge in [0.15, 0.2) is 5.43 Å². The molecule has 1 heterocycles. The normalized spacial score (nSPS) is 9.00. The number of aromatic amines is 1. The minimum Gasteiger partial charge on any atom is -0.364 e. The highest BCUT2D eigenvalue weighted by molar-refractivity contribution is 5.23. The van der Waals surface area contributed by atoms with Crippen molar-refractivity contribution in [1.82, 2.24) is 4.98 Å². The maximum absolute atomic E-state index is 11.4. The van der Waals surface area contributed by atoms with Gasteiger partial charge in [-0.25, -0.2) is 0 Å². The van der Waals surface area contributed by atoms with Crippen LogP contribution in [-0.4, -0.2) is 4.98 Å². The fourth-order valence-electron chi connectivity index (χ4n) is 1.20. The number of hydrogen-bond donors (Lipinski definition) is 1. The van der Waals surface area contributed by atoms with Crippen LogP contribution < -0.4 is 5.43 Å². The van der Waals surface area contributed by atoms with Crippen molar-refractivity contribution in [2.45, 2.75) is 41.0 Å². The molecule has 2 nitrogen and oxygen atoms in total. The van der Waals surface area contributed by atoms with Crippen LogP contribution in [0.15, 0.2) is 11.0 Å². The quantitative estimate of drug-likeness (QED) is 0.709. The molecule has 2 heteroatoms. The second-order valence-corrected chi connectivity index (χ2v) is 2.76. The summed E-state index contributed by atoms with van der Waals surface area (Å²) in [6, 6.07) is 0. The number of H-pyrrole nitrogens is 1.